The Hall–Kier alpha value is -4.12. The molecular weight excluding hydrogens is 478 g/mol. The van der Waals surface area contributed by atoms with Gasteiger partial charge in [-0.1, -0.05) is 25.1 Å². The van der Waals surface area contributed by atoms with Crippen molar-refractivity contribution in [3.63, 3.8) is 0 Å². The third kappa shape index (κ3) is 5.14. The zero-order valence-electron chi connectivity index (χ0n) is 22.7. The van der Waals surface area contributed by atoms with Gasteiger partial charge < -0.3 is 20.9 Å². The van der Waals surface area contributed by atoms with Crippen LogP contribution in [-0.2, 0) is 7.05 Å². The topological polar surface area (TPSA) is 127 Å². The molecule has 11 nitrogen and oxygen atoms in total. The monoisotopic (exact) mass is 513 g/mol. The van der Waals surface area contributed by atoms with Gasteiger partial charge in [-0.3, -0.25) is 0 Å². The van der Waals surface area contributed by atoms with Crippen LogP contribution in [0.25, 0.3) is 23.1 Å². The van der Waals surface area contributed by atoms with Crippen LogP contribution in [0.5, 0.6) is 0 Å². The molecule has 1 aliphatic heterocycles. The fourth-order valence-corrected chi connectivity index (χ4v) is 4.89. The molecule has 198 valence electrons. The number of piperazine rings is 1. The first-order valence-electron chi connectivity index (χ1n) is 13.0. The van der Waals surface area contributed by atoms with Crippen molar-refractivity contribution in [3.05, 3.63) is 52.5 Å². The van der Waals surface area contributed by atoms with Crippen LogP contribution in [0, 0.1) is 13.8 Å². The average Bonchev–Trinajstić information content (AvgIpc) is 3.31. The predicted octanol–water partition coefficient (Wildman–Crippen LogP) is 3.23. The molecule has 38 heavy (non-hydrogen) atoms. The molecule has 0 spiro atoms. The number of anilines is 3. The van der Waals surface area contributed by atoms with Gasteiger partial charge in [0.1, 0.15) is 11.6 Å². The number of likely N-dealkylation sites (N-methyl/N-ethyl adjacent to an activating group) is 1. The van der Waals surface area contributed by atoms with Crippen LogP contribution in [0.1, 0.15) is 47.6 Å². The number of para-hydroxylation sites is 1. The number of fused-ring (bicyclic) bond motifs is 1. The first-order valence-corrected chi connectivity index (χ1v) is 13.0. The Balaban J connectivity index is 1.57. The zero-order chi connectivity index (χ0) is 26.8. The molecule has 1 fully saturated rings. The highest BCUT2D eigenvalue weighted by Gasteiger charge is 2.24. The van der Waals surface area contributed by atoms with Crippen molar-refractivity contribution in [1.82, 2.24) is 40.1 Å². The van der Waals surface area contributed by atoms with Gasteiger partial charge in [-0.15, -0.1) is 5.10 Å². The summed E-state index contributed by atoms with van der Waals surface area (Å²) in [7, 11) is 3.97. The van der Waals surface area contributed by atoms with Gasteiger partial charge in [0.15, 0.2) is 5.82 Å². The van der Waals surface area contributed by atoms with Crippen LogP contribution in [0.4, 0.5) is 17.6 Å². The van der Waals surface area contributed by atoms with E-state index in [0.29, 0.717) is 11.6 Å². The second-order valence-corrected chi connectivity index (χ2v) is 9.87. The molecular formula is C27H35N11. The quantitative estimate of drug-likeness (QED) is 0.380. The van der Waals surface area contributed by atoms with Crippen molar-refractivity contribution in [2.75, 3.05) is 49.2 Å². The highest BCUT2D eigenvalue weighted by Crippen LogP contribution is 2.35. The van der Waals surface area contributed by atoms with E-state index in [1.165, 1.54) is 5.56 Å². The number of aryl methyl sites for hydroxylation is 3. The van der Waals surface area contributed by atoms with Crippen LogP contribution in [0.2, 0.25) is 0 Å². The van der Waals surface area contributed by atoms with Gasteiger partial charge in [0.2, 0.25) is 5.95 Å². The van der Waals surface area contributed by atoms with Gasteiger partial charge >= 0.3 is 0 Å². The normalized spacial score (nSPS) is 15.4. The molecule has 1 unspecified atom stereocenters. The Labute approximate surface area is 222 Å². The largest absolute Gasteiger partial charge is 0.368 e. The van der Waals surface area contributed by atoms with Crippen LogP contribution in [-0.4, -0.2) is 73.3 Å². The number of hydrogen-bond acceptors (Lipinski definition) is 10. The van der Waals surface area contributed by atoms with Gasteiger partial charge in [0.05, 0.1) is 17.3 Å². The van der Waals surface area contributed by atoms with E-state index in [1.807, 2.05) is 19.1 Å². The van der Waals surface area contributed by atoms with Crippen molar-refractivity contribution >= 4 is 40.6 Å². The average molecular weight is 514 g/mol. The second kappa shape index (κ2) is 10.7. The Morgan fingerprint density at radius 1 is 1.05 bits per heavy atom. The minimum atomic E-state index is -0.0422. The number of nitrogens with one attached hydrogen (secondary N) is 1. The van der Waals surface area contributed by atoms with E-state index < -0.39 is 0 Å². The molecule has 3 aromatic heterocycles. The van der Waals surface area contributed by atoms with E-state index >= 15 is 0 Å². The smallest absolute Gasteiger partial charge is 0.222 e. The molecule has 0 amide bonds. The van der Waals surface area contributed by atoms with Crippen LogP contribution >= 0.6 is 0 Å². The molecule has 5 rings (SSSR count). The first kappa shape index (κ1) is 25.5. The molecule has 4 heterocycles. The molecule has 1 saturated heterocycles. The summed E-state index contributed by atoms with van der Waals surface area (Å²) in [4.78, 5) is 19.0. The first-order chi connectivity index (χ1) is 18.3. The molecule has 0 radical (unpaired) electrons. The SMILES string of the molecule is CCC(Nc1nc(N)nc(C)c1/C=C/c1nnnn1C)c1cc2cccc(C)c2nc1N1CCN(C)CC1. The molecule has 1 aromatic carbocycles. The number of benzene rings is 1. The molecule has 1 aliphatic rings. The number of nitrogen functional groups attached to an aromatic ring is 1. The summed E-state index contributed by atoms with van der Waals surface area (Å²) < 4.78 is 1.61. The summed E-state index contributed by atoms with van der Waals surface area (Å²) in [6.07, 6.45) is 4.61. The number of nitrogens with two attached hydrogens (primary N) is 1. The summed E-state index contributed by atoms with van der Waals surface area (Å²) in [5.74, 6) is 2.55. The zero-order valence-corrected chi connectivity index (χ0v) is 22.7. The molecule has 0 saturated carbocycles. The lowest BCUT2D eigenvalue weighted by Gasteiger charge is -2.35. The van der Waals surface area contributed by atoms with E-state index in [1.54, 1.807) is 11.7 Å². The lowest BCUT2D eigenvalue weighted by atomic mass is 10.00. The summed E-state index contributed by atoms with van der Waals surface area (Å²) in [6.45, 7) is 10.1. The number of aromatic nitrogens is 7. The fourth-order valence-electron chi connectivity index (χ4n) is 4.89. The summed E-state index contributed by atoms with van der Waals surface area (Å²) in [6, 6.07) is 8.58. The van der Waals surface area contributed by atoms with Crippen LogP contribution in [0.3, 0.4) is 0 Å². The second-order valence-electron chi connectivity index (χ2n) is 9.87. The maximum atomic E-state index is 6.10. The maximum absolute atomic E-state index is 6.10. The van der Waals surface area contributed by atoms with Gasteiger partial charge in [0, 0.05) is 49.7 Å². The highest BCUT2D eigenvalue weighted by atomic mass is 15.5. The Morgan fingerprint density at radius 2 is 1.84 bits per heavy atom. The van der Waals surface area contributed by atoms with Crippen molar-refractivity contribution in [1.29, 1.82) is 0 Å². The molecule has 1 atom stereocenters. The number of pyridine rings is 1. The Bertz CT molecular complexity index is 1470. The number of nitrogens with zero attached hydrogens (tertiary/aromatic N) is 9. The molecule has 4 aromatic rings. The number of hydrogen-bond donors (Lipinski definition) is 2. The number of rotatable bonds is 7. The van der Waals surface area contributed by atoms with E-state index in [2.05, 4.69) is 85.8 Å². The van der Waals surface area contributed by atoms with E-state index in [9.17, 15) is 0 Å². The standard InChI is InChI=1S/C27H35N11/c1-6-22(30-25-20(18(3)29-27(28)32-25)10-11-23-33-34-35-37(23)5)21-16-19-9-7-8-17(2)24(19)31-26(21)38-14-12-36(4)13-15-38/h7-11,16,22H,6,12-15H2,1-5H3,(H3,28,29,30,32)/b11-10+. The predicted molar refractivity (Wildman–Crippen MR) is 152 cm³/mol. The van der Waals surface area contributed by atoms with Gasteiger partial charge in [-0.25, -0.2) is 14.6 Å². The van der Waals surface area contributed by atoms with Crippen molar-refractivity contribution in [2.24, 2.45) is 7.05 Å². The third-order valence-corrected chi connectivity index (χ3v) is 7.16. The maximum Gasteiger partial charge on any atom is 0.222 e. The van der Waals surface area contributed by atoms with E-state index in [-0.39, 0.29) is 12.0 Å². The highest BCUT2D eigenvalue weighted by molar-refractivity contribution is 5.85. The van der Waals surface area contributed by atoms with Crippen molar-refractivity contribution in [3.8, 4) is 0 Å². The molecule has 11 heteroatoms. The van der Waals surface area contributed by atoms with Crippen molar-refractivity contribution < 1.29 is 0 Å². The van der Waals surface area contributed by atoms with Crippen LogP contribution < -0.4 is 16.0 Å². The van der Waals surface area contributed by atoms with Gasteiger partial charge in [0.25, 0.3) is 0 Å². The van der Waals surface area contributed by atoms with Gasteiger partial charge in [-0.05, 0) is 61.5 Å². The van der Waals surface area contributed by atoms with E-state index in [0.717, 1.165) is 66.1 Å². The number of tetrazole rings is 1. The molecule has 0 bridgehead atoms. The third-order valence-electron chi connectivity index (χ3n) is 7.16. The lowest BCUT2D eigenvalue weighted by molar-refractivity contribution is 0.311. The minimum Gasteiger partial charge on any atom is -0.368 e. The molecule has 3 N–H and O–H groups in total. The minimum absolute atomic E-state index is 0.0422. The molecule has 0 aliphatic carbocycles. The fraction of sp³-hybridized carbons (Fsp3) is 0.407. The lowest BCUT2D eigenvalue weighted by Crippen LogP contribution is -2.45. The summed E-state index contributed by atoms with van der Waals surface area (Å²) >= 11 is 0. The Kier molecular flexibility index (Phi) is 7.19. The summed E-state index contributed by atoms with van der Waals surface area (Å²) in [5.41, 5.74) is 11.1. The van der Waals surface area contributed by atoms with Crippen LogP contribution in [0.15, 0.2) is 24.3 Å². The van der Waals surface area contributed by atoms with Gasteiger partial charge in [-0.2, -0.15) is 4.98 Å². The summed E-state index contributed by atoms with van der Waals surface area (Å²) in [5, 5.41) is 16.5. The van der Waals surface area contributed by atoms with Crippen molar-refractivity contribution in [2.45, 2.75) is 33.2 Å². The van der Waals surface area contributed by atoms with E-state index in [4.69, 9.17) is 10.7 Å². The Morgan fingerprint density at radius 3 is 2.55 bits per heavy atom.